The van der Waals surface area contributed by atoms with E-state index in [1.807, 2.05) is 0 Å². The van der Waals surface area contributed by atoms with Crippen molar-refractivity contribution < 1.29 is 1.37 Å². The van der Waals surface area contributed by atoms with Crippen molar-refractivity contribution in [1.29, 1.82) is 0 Å². The van der Waals surface area contributed by atoms with Gasteiger partial charge in [-0.2, -0.15) is 0 Å². The van der Waals surface area contributed by atoms with Crippen LogP contribution >= 0.6 is 19.8 Å². The van der Waals surface area contributed by atoms with E-state index >= 15 is 0 Å². The van der Waals surface area contributed by atoms with E-state index in [2.05, 4.69) is 74.4 Å². The molecule has 0 saturated carbocycles. The Kier molecular flexibility index (Phi) is 4.91. The molecule has 0 bridgehead atoms. The van der Waals surface area contributed by atoms with E-state index in [9.17, 15) is 0 Å². The molecule has 2 heteroatoms. The minimum Gasteiger partial charge on any atom is -0.0876 e. The molecule has 0 aliphatic rings. The summed E-state index contributed by atoms with van der Waals surface area (Å²) in [4.78, 5) is 0. The third-order valence-corrected chi connectivity index (χ3v) is 4.79. The number of halogens is 1. The average molecular weight is 326 g/mol. The van der Waals surface area contributed by atoms with Crippen LogP contribution in [0.1, 0.15) is 80.4 Å². The zero-order chi connectivity index (χ0) is 17.5. The molecule has 0 unspecified atom stereocenters. The lowest BCUT2D eigenvalue weighted by atomic mass is 9.75. The summed E-state index contributed by atoms with van der Waals surface area (Å²) in [5.74, 6) is 0. The first kappa shape index (κ1) is 17.0. The Morgan fingerprint density at radius 1 is 0.857 bits per heavy atom. The molecule has 0 nitrogen and oxygen atoms in total. The van der Waals surface area contributed by atoms with Crippen molar-refractivity contribution in [3.63, 3.8) is 0 Å². The van der Waals surface area contributed by atoms with Crippen LogP contribution in [0, 0.1) is 0 Å². The van der Waals surface area contributed by atoms with E-state index < -0.39 is 0 Å². The van der Waals surface area contributed by atoms with E-state index in [0.717, 1.165) is 8.20 Å². The Morgan fingerprint density at radius 2 is 1.24 bits per heavy atom. The molecular formula is C19H30ClP. The minimum atomic E-state index is 0.0237. The molecule has 1 aromatic carbocycles. The Morgan fingerprint density at radius 3 is 1.48 bits per heavy atom. The lowest BCUT2D eigenvalue weighted by Gasteiger charge is -2.32. The highest BCUT2D eigenvalue weighted by atomic mass is 35.5. The molecule has 0 spiro atoms. The lowest BCUT2D eigenvalue weighted by molar-refractivity contribution is 0.554. The molecule has 0 atom stereocenters. The molecule has 0 saturated heterocycles. The van der Waals surface area contributed by atoms with Crippen LogP contribution in [0.2, 0.25) is 0 Å². The first-order chi connectivity index (χ1) is 9.64. The number of hydrogen-bond acceptors (Lipinski definition) is 0. The van der Waals surface area contributed by atoms with Gasteiger partial charge in [0.05, 0.1) is 1.37 Å². The van der Waals surface area contributed by atoms with Crippen molar-refractivity contribution in [3.8, 4) is 0 Å². The summed E-state index contributed by atoms with van der Waals surface area (Å²) >= 11 is 5.96. The fraction of sp³-hybridized carbons (Fsp3) is 0.632. The highest BCUT2D eigenvalue weighted by Gasteiger charge is 2.28. The summed E-state index contributed by atoms with van der Waals surface area (Å²) in [7, 11) is 0.804. The fourth-order valence-electron chi connectivity index (χ4n) is 2.37. The SMILES string of the molecule is [2H]C(Cl)=Pc1c(C(C)(C)C)cc(C(C)(C)C)cc1C(C)(C)C. The van der Waals surface area contributed by atoms with Crippen LogP contribution in [0.25, 0.3) is 0 Å². The summed E-state index contributed by atoms with van der Waals surface area (Å²) in [6.07, 6.45) is 0. The highest BCUT2D eigenvalue weighted by molar-refractivity contribution is 7.51. The Balaban J connectivity index is 3.91. The summed E-state index contributed by atoms with van der Waals surface area (Å²) in [6, 6.07) is 4.63. The molecular weight excluding hydrogens is 295 g/mol. The molecule has 21 heavy (non-hydrogen) atoms. The number of rotatable bonds is 1. The van der Waals surface area contributed by atoms with Crippen LogP contribution in [-0.2, 0) is 16.2 Å². The van der Waals surface area contributed by atoms with Crippen LogP contribution in [0.15, 0.2) is 12.1 Å². The molecule has 0 amide bonds. The molecule has 0 radical (unpaired) electrons. The molecule has 0 aromatic heterocycles. The second kappa shape index (κ2) is 6.05. The third kappa shape index (κ3) is 4.57. The van der Waals surface area contributed by atoms with Crippen molar-refractivity contribution in [1.82, 2.24) is 0 Å². The summed E-state index contributed by atoms with van der Waals surface area (Å²) < 4.78 is 7.76. The molecule has 0 fully saturated rings. The molecule has 1 rings (SSSR count). The molecule has 0 aliphatic heterocycles. The van der Waals surface area contributed by atoms with Gasteiger partial charge in [0.15, 0.2) is 0 Å². The van der Waals surface area contributed by atoms with Gasteiger partial charge in [-0.1, -0.05) is 94.3 Å². The predicted molar refractivity (Wildman–Crippen MR) is 101 cm³/mol. The van der Waals surface area contributed by atoms with Gasteiger partial charge in [-0.3, -0.25) is 0 Å². The van der Waals surface area contributed by atoms with Crippen LogP contribution in [-0.4, -0.2) is 5.23 Å². The van der Waals surface area contributed by atoms with Gasteiger partial charge >= 0.3 is 0 Å². The lowest BCUT2D eigenvalue weighted by Crippen LogP contribution is -2.29. The second-order valence-electron chi connectivity index (χ2n) is 8.87. The smallest absolute Gasteiger partial charge is 0.0809 e. The van der Waals surface area contributed by atoms with Crippen molar-refractivity contribution >= 4 is 30.3 Å². The van der Waals surface area contributed by atoms with E-state index in [1.165, 1.54) is 22.0 Å². The Bertz CT molecular complexity index is 542. The van der Waals surface area contributed by atoms with Crippen molar-refractivity contribution in [2.45, 2.75) is 78.6 Å². The van der Waals surface area contributed by atoms with Crippen molar-refractivity contribution in [3.05, 3.63) is 28.8 Å². The van der Waals surface area contributed by atoms with Gasteiger partial charge in [0.2, 0.25) is 0 Å². The quantitative estimate of drug-likeness (QED) is 0.543. The topological polar surface area (TPSA) is 0 Å². The van der Waals surface area contributed by atoms with Crippen LogP contribution < -0.4 is 5.30 Å². The highest BCUT2D eigenvalue weighted by Crippen LogP contribution is 2.35. The van der Waals surface area contributed by atoms with Crippen molar-refractivity contribution in [2.75, 3.05) is 0 Å². The Hall–Kier alpha value is -0.320. The fourth-order valence-corrected chi connectivity index (χ4v) is 3.75. The monoisotopic (exact) mass is 325 g/mol. The molecule has 118 valence electrons. The van der Waals surface area contributed by atoms with Gasteiger partial charge in [0, 0.05) is 10.5 Å². The summed E-state index contributed by atoms with van der Waals surface area (Å²) in [5, 5.41) is 1.38. The second-order valence-corrected chi connectivity index (χ2v) is 10.2. The van der Waals surface area contributed by atoms with Crippen LogP contribution in [0.3, 0.4) is 0 Å². The number of benzene rings is 1. The zero-order valence-corrected chi connectivity index (χ0v) is 16.6. The summed E-state index contributed by atoms with van der Waals surface area (Å²) in [6.45, 7) is 20.2. The minimum absolute atomic E-state index is 0.0237. The van der Waals surface area contributed by atoms with E-state index in [-0.39, 0.29) is 21.5 Å². The van der Waals surface area contributed by atoms with Gasteiger partial charge in [-0.05, 0) is 32.9 Å². The van der Waals surface area contributed by atoms with E-state index in [1.54, 1.807) is 0 Å². The first-order valence-corrected chi connectivity index (χ1v) is 8.81. The third-order valence-electron chi connectivity index (χ3n) is 3.75. The number of hydrogen-bond donors (Lipinski definition) is 0. The van der Waals surface area contributed by atoms with Gasteiger partial charge in [0.1, 0.15) is 0 Å². The first-order valence-electron chi connectivity index (χ1n) is 8.04. The maximum Gasteiger partial charge on any atom is 0.0809 e. The van der Waals surface area contributed by atoms with E-state index in [4.69, 9.17) is 13.0 Å². The molecule has 0 N–H and O–H groups in total. The maximum atomic E-state index is 7.76. The van der Waals surface area contributed by atoms with Crippen molar-refractivity contribution in [2.24, 2.45) is 0 Å². The predicted octanol–water partition coefficient (Wildman–Crippen LogP) is 6.15. The van der Waals surface area contributed by atoms with Crippen LogP contribution in [0.4, 0.5) is 0 Å². The Labute approximate surface area is 139 Å². The van der Waals surface area contributed by atoms with E-state index in [0.29, 0.717) is 0 Å². The average Bonchev–Trinajstić information content (AvgIpc) is 2.23. The normalized spacial score (nSPS) is 15.1. The largest absolute Gasteiger partial charge is 0.0876 e. The maximum absolute atomic E-state index is 7.76. The van der Waals surface area contributed by atoms with Gasteiger partial charge in [-0.15, -0.1) is 0 Å². The molecule has 1 aromatic rings. The van der Waals surface area contributed by atoms with Gasteiger partial charge < -0.3 is 0 Å². The molecule has 0 aliphatic carbocycles. The zero-order valence-electron chi connectivity index (χ0n) is 16.0. The van der Waals surface area contributed by atoms with Crippen LogP contribution in [0.5, 0.6) is 0 Å². The van der Waals surface area contributed by atoms with Gasteiger partial charge in [-0.25, -0.2) is 0 Å². The standard InChI is InChI=1S/C19H30ClP/c1-17(2,3)13-10-14(18(4,5)6)16(21-12-20)15(11-13)19(7,8)9/h10-12H,1-9H3/i12D. The molecule has 0 heterocycles. The van der Waals surface area contributed by atoms with Gasteiger partial charge in [0.25, 0.3) is 0 Å². The summed E-state index contributed by atoms with van der Waals surface area (Å²) in [5.41, 5.74) is 4.10.